The summed E-state index contributed by atoms with van der Waals surface area (Å²) in [5.41, 5.74) is 3.16. The quantitative estimate of drug-likeness (QED) is 0.747. The lowest BCUT2D eigenvalue weighted by atomic mass is 9.68. The van der Waals surface area contributed by atoms with Gasteiger partial charge in [0.15, 0.2) is 0 Å². The minimum atomic E-state index is -4.82. The van der Waals surface area contributed by atoms with Crippen molar-refractivity contribution in [2.24, 2.45) is 0 Å². The van der Waals surface area contributed by atoms with Crippen molar-refractivity contribution < 1.29 is 22.7 Å². The first kappa shape index (κ1) is 20.7. The van der Waals surface area contributed by atoms with Crippen LogP contribution in [0.15, 0.2) is 54.6 Å². The third kappa shape index (κ3) is 3.44. The molecule has 1 spiro atoms. The smallest absolute Gasteiger partial charge is 0.399 e. The number of piperazine rings is 1. The molecule has 1 saturated carbocycles. The van der Waals surface area contributed by atoms with Crippen LogP contribution in [0.2, 0.25) is 0 Å². The van der Waals surface area contributed by atoms with Gasteiger partial charge in [0.05, 0.1) is 12.7 Å². The minimum Gasteiger partial charge on any atom is -0.399 e. The molecule has 0 radical (unpaired) electrons. The van der Waals surface area contributed by atoms with Crippen molar-refractivity contribution in [2.45, 2.75) is 42.8 Å². The fourth-order valence-corrected chi connectivity index (χ4v) is 4.54. The molecular weight excluding hydrogens is 395 g/mol. The Labute approximate surface area is 173 Å². The van der Waals surface area contributed by atoms with E-state index in [1.165, 1.54) is 36.2 Å². The highest BCUT2D eigenvalue weighted by Crippen LogP contribution is 2.49. The first-order valence-electron chi connectivity index (χ1n) is 9.78. The van der Waals surface area contributed by atoms with Crippen molar-refractivity contribution >= 4 is 11.6 Å². The molecule has 1 atom stereocenters. The molecule has 2 aromatic rings. The van der Waals surface area contributed by atoms with Crippen LogP contribution in [0.3, 0.4) is 0 Å². The number of hydrogen-bond acceptors (Lipinski definition) is 4. The van der Waals surface area contributed by atoms with Crippen LogP contribution in [0.4, 0.5) is 18.9 Å². The largest absolute Gasteiger partial charge is 0.419 e. The molecule has 1 amide bonds. The molecule has 3 N–H and O–H groups in total. The van der Waals surface area contributed by atoms with Crippen LogP contribution in [-0.4, -0.2) is 42.2 Å². The standard InChI is InChI=1S/C22H24F3N3O2/c1-28-14-20(11-18(12-20)30-13-15-5-3-2-4-6-15)27-21(19(28)29,22(23,24)25)16-7-9-17(26)10-8-16/h2-10,18,27H,11-14,26H2,1H3. The Hall–Kier alpha value is -2.58. The Morgan fingerprint density at radius 1 is 1.13 bits per heavy atom. The van der Waals surface area contributed by atoms with Crippen LogP contribution in [0, 0.1) is 0 Å². The van der Waals surface area contributed by atoms with E-state index >= 15 is 0 Å². The fraction of sp³-hybridized carbons (Fsp3) is 0.409. The van der Waals surface area contributed by atoms with E-state index < -0.39 is 23.2 Å². The van der Waals surface area contributed by atoms with Gasteiger partial charge in [-0.1, -0.05) is 42.5 Å². The van der Waals surface area contributed by atoms with E-state index in [-0.39, 0.29) is 18.2 Å². The summed E-state index contributed by atoms with van der Waals surface area (Å²) in [5, 5.41) is 2.73. The Balaban J connectivity index is 1.57. The van der Waals surface area contributed by atoms with Crippen LogP contribution in [-0.2, 0) is 21.7 Å². The van der Waals surface area contributed by atoms with Crippen LogP contribution >= 0.6 is 0 Å². The summed E-state index contributed by atoms with van der Waals surface area (Å²) in [6.07, 6.45) is -4.21. The Morgan fingerprint density at radius 3 is 2.37 bits per heavy atom. The van der Waals surface area contributed by atoms with Gasteiger partial charge in [-0.05, 0) is 36.1 Å². The number of alkyl halides is 3. The monoisotopic (exact) mass is 419 g/mol. The van der Waals surface area contributed by atoms with Crippen molar-refractivity contribution in [2.75, 3.05) is 19.3 Å². The van der Waals surface area contributed by atoms with Gasteiger partial charge in [0.2, 0.25) is 5.54 Å². The Bertz CT molecular complexity index is 911. The molecule has 5 nitrogen and oxygen atoms in total. The molecule has 4 rings (SSSR count). The molecule has 1 aliphatic heterocycles. The van der Waals surface area contributed by atoms with Gasteiger partial charge in [0, 0.05) is 24.8 Å². The fourth-order valence-electron chi connectivity index (χ4n) is 4.54. The van der Waals surface area contributed by atoms with Crippen LogP contribution < -0.4 is 11.1 Å². The SMILES string of the molecule is CN1CC2(CC(OCc3ccccc3)C2)NC(c2ccc(N)cc2)(C(F)(F)F)C1=O. The molecule has 160 valence electrons. The van der Waals surface area contributed by atoms with Crippen molar-refractivity contribution in [1.29, 1.82) is 0 Å². The highest BCUT2D eigenvalue weighted by molar-refractivity contribution is 5.90. The van der Waals surface area contributed by atoms with Crippen LogP contribution in [0.5, 0.6) is 0 Å². The summed E-state index contributed by atoms with van der Waals surface area (Å²) < 4.78 is 49.1. The van der Waals surface area contributed by atoms with E-state index in [4.69, 9.17) is 10.5 Å². The predicted molar refractivity (Wildman–Crippen MR) is 106 cm³/mol. The van der Waals surface area contributed by atoms with Gasteiger partial charge in [-0.2, -0.15) is 13.2 Å². The number of anilines is 1. The van der Waals surface area contributed by atoms with E-state index in [1.807, 2.05) is 30.3 Å². The molecule has 2 aromatic carbocycles. The lowest BCUT2D eigenvalue weighted by Gasteiger charge is -2.58. The summed E-state index contributed by atoms with van der Waals surface area (Å²) >= 11 is 0. The van der Waals surface area contributed by atoms with Crippen molar-refractivity contribution in [3.05, 3.63) is 65.7 Å². The molecule has 30 heavy (non-hydrogen) atoms. The molecule has 0 bridgehead atoms. The number of hydrogen-bond donors (Lipinski definition) is 2. The number of nitrogens with two attached hydrogens (primary N) is 1. The van der Waals surface area contributed by atoms with Crippen molar-refractivity contribution in [1.82, 2.24) is 10.2 Å². The summed E-state index contributed by atoms with van der Waals surface area (Å²) in [6, 6.07) is 14.9. The van der Waals surface area contributed by atoms with Gasteiger partial charge in [-0.25, -0.2) is 0 Å². The normalized spacial score (nSPS) is 29.1. The Morgan fingerprint density at radius 2 is 1.77 bits per heavy atom. The minimum absolute atomic E-state index is 0.159. The highest BCUT2D eigenvalue weighted by atomic mass is 19.4. The first-order chi connectivity index (χ1) is 14.2. The number of carbonyl (C=O) groups excluding carboxylic acids is 1. The first-order valence-corrected chi connectivity index (χ1v) is 9.78. The molecule has 1 saturated heterocycles. The number of carbonyl (C=O) groups is 1. The summed E-state index contributed by atoms with van der Waals surface area (Å²) in [6.45, 7) is 0.600. The lowest BCUT2D eigenvalue weighted by Crippen LogP contribution is -2.79. The average Bonchev–Trinajstić information content (AvgIpc) is 2.68. The third-order valence-corrected chi connectivity index (χ3v) is 5.99. The summed E-state index contributed by atoms with van der Waals surface area (Å²) in [5.74, 6) is -1.01. The van der Waals surface area contributed by atoms with E-state index in [0.717, 1.165) is 5.56 Å². The third-order valence-electron chi connectivity index (χ3n) is 5.99. The Kier molecular flexibility index (Phi) is 5.02. The van der Waals surface area contributed by atoms with Gasteiger partial charge >= 0.3 is 6.18 Å². The number of likely N-dealkylation sites (N-methyl/N-ethyl adjacent to an activating group) is 1. The molecule has 1 unspecified atom stereocenters. The number of rotatable bonds is 4. The predicted octanol–water partition coefficient (Wildman–Crippen LogP) is 3.21. The van der Waals surface area contributed by atoms with Crippen LogP contribution in [0.1, 0.15) is 24.0 Å². The highest BCUT2D eigenvalue weighted by Gasteiger charge is 2.69. The van der Waals surface area contributed by atoms with E-state index in [1.54, 1.807) is 0 Å². The maximum atomic E-state index is 14.4. The number of ether oxygens (including phenoxy) is 1. The molecule has 2 fully saturated rings. The number of nitrogens with zero attached hydrogens (tertiary/aromatic N) is 1. The zero-order valence-electron chi connectivity index (χ0n) is 16.6. The maximum Gasteiger partial charge on any atom is 0.419 e. The lowest BCUT2D eigenvalue weighted by molar-refractivity contribution is -0.231. The maximum absolute atomic E-state index is 14.4. The molecule has 2 aliphatic rings. The summed E-state index contributed by atoms with van der Waals surface area (Å²) in [4.78, 5) is 14.1. The zero-order valence-corrected chi connectivity index (χ0v) is 16.6. The van der Waals surface area contributed by atoms with E-state index in [0.29, 0.717) is 25.1 Å². The average molecular weight is 419 g/mol. The van der Waals surface area contributed by atoms with Crippen LogP contribution in [0.25, 0.3) is 0 Å². The molecule has 1 aliphatic carbocycles. The molecule has 1 heterocycles. The summed E-state index contributed by atoms with van der Waals surface area (Å²) in [7, 11) is 1.42. The van der Waals surface area contributed by atoms with E-state index in [2.05, 4.69) is 5.32 Å². The number of benzene rings is 2. The van der Waals surface area contributed by atoms with Gasteiger partial charge in [-0.3, -0.25) is 10.1 Å². The van der Waals surface area contributed by atoms with Gasteiger partial charge in [-0.15, -0.1) is 0 Å². The van der Waals surface area contributed by atoms with Gasteiger partial charge < -0.3 is 15.4 Å². The second kappa shape index (κ2) is 7.28. The molecule has 0 aromatic heterocycles. The van der Waals surface area contributed by atoms with E-state index in [9.17, 15) is 18.0 Å². The molecule has 8 heteroatoms. The zero-order chi connectivity index (χ0) is 21.6. The van der Waals surface area contributed by atoms with Gasteiger partial charge in [0.1, 0.15) is 0 Å². The molecular formula is C22H24F3N3O2. The number of halogens is 3. The van der Waals surface area contributed by atoms with Gasteiger partial charge in [0.25, 0.3) is 5.91 Å². The topological polar surface area (TPSA) is 67.6 Å². The number of amides is 1. The second-order valence-corrected chi connectivity index (χ2v) is 8.26. The van der Waals surface area contributed by atoms with Crippen molar-refractivity contribution in [3.8, 4) is 0 Å². The second-order valence-electron chi connectivity index (χ2n) is 8.26. The number of nitrogen functional groups attached to an aromatic ring is 1. The van der Waals surface area contributed by atoms with Crippen molar-refractivity contribution in [3.63, 3.8) is 0 Å². The number of nitrogens with one attached hydrogen (secondary N) is 1.